The number of hydrogen-bond acceptors (Lipinski definition) is 2. The molecule has 2 heteroatoms. The standard InChI is InChI=1S/C65H48N2/c1-65(2)62-29-17-16-28-60(62)61-39-37-55(44-63(61)65)67(53-25-10-5-11-26-53)57-42-51(41-56(43-57)66(52-23-8-4-9-24-52)54-36-34-45-18-12-13-22-50(45)40-54)46-30-32-48(33-31-46)59-38-35-47-19-14-15-27-58(47)64(59)49-20-6-3-7-21-49/h3-44H,1-2H3. The molecule has 0 bridgehead atoms. The first-order valence-electron chi connectivity index (χ1n) is 23.2. The first-order chi connectivity index (χ1) is 33.0. The summed E-state index contributed by atoms with van der Waals surface area (Å²) < 4.78 is 0. The average molecular weight is 857 g/mol. The lowest BCUT2D eigenvalue weighted by Crippen LogP contribution is -2.17. The Balaban J connectivity index is 1.06. The predicted octanol–water partition coefficient (Wildman–Crippen LogP) is 18.2. The summed E-state index contributed by atoms with van der Waals surface area (Å²) in [5.41, 5.74) is 18.8. The van der Waals surface area contributed by atoms with Crippen molar-refractivity contribution in [2.45, 2.75) is 19.3 Å². The summed E-state index contributed by atoms with van der Waals surface area (Å²) in [6, 6.07) is 93.3. The van der Waals surface area contributed by atoms with Gasteiger partial charge in [-0.25, -0.2) is 0 Å². The minimum absolute atomic E-state index is 0.148. The van der Waals surface area contributed by atoms with Gasteiger partial charge in [0.1, 0.15) is 0 Å². The van der Waals surface area contributed by atoms with Gasteiger partial charge in [-0.3, -0.25) is 0 Å². The van der Waals surface area contributed by atoms with Crippen LogP contribution in [0, 0.1) is 0 Å². The Hall–Kier alpha value is -8.46. The Kier molecular flexibility index (Phi) is 9.88. The fraction of sp³-hybridized carbons (Fsp3) is 0.0462. The van der Waals surface area contributed by atoms with Crippen molar-refractivity contribution in [3.8, 4) is 44.5 Å². The zero-order valence-corrected chi connectivity index (χ0v) is 37.6. The van der Waals surface area contributed by atoms with E-state index >= 15 is 0 Å². The highest BCUT2D eigenvalue weighted by molar-refractivity contribution is 6.04. The number of hydrogen-bond donors (Lipinski definition) is 0. The summed E-state index contributed by atoms with van der Waals surface area (Å²) >= 11 is 0. The van der Waals surface area contributed by atoms with Gasteiger partial charge in [-0.2, -0.15) is 0 Å². The molecule has 2 nitrogen and oxygen atoms in total. The number of fused-ring (bicyclic) bond motifs is 5. The molecule has 0 aromatic heterocycles. The van der Waals surface area contributed by atoms with E-state index in [1.807, 2.05) is 0 Å². The van der Waals surface area contributed by atoms with Crippen LogP contribution >= 0.6 is 0 Å². The fourth-order valence-electron chi connectivity index (χ4n) is 10.5. The molecule has 0 heterocycles. The molecule has 12 rings (SSSR count). The van der Waals surface area contributed by atoms with Crippen LogP contribution < -0.4 is 9.80 Å². The van der Waals surface area contributed by atoms with Crippen LogP contribution in [0.5, 0.6) is 0 Å². The summed E-state index contributed by atoms with van der Waals surface area (Å²) in [6.45, 7) is 4.72. The van der Waals surface area contributed by atoms with Crippen LogP contribution in [0.4, 0.5) is 34.1 Å². The third-order valence-corrected chi connectivity index (χ3v) is 13.8. The van der Waals surface area contributed by atoms with Crippen molar-refractivity contribution in [1.29, 1.82) is 0 Å². The second kappa shape index (κ2) is 16.5. The zero-order chi connectivity index (χ0) is 44.9. The number of para-hydroxylation sites is 2. The van der Waals surface area contributed by atoms with E-state index < -0.39 is 0 Å². The third kappa shape index (κ3) is 7.15. The van der Waals surface area contributed by atoms with E-state index in [4.69, 9.17) is 0 Å². The van der Waals surface area contributed by atoms with Crippen molar-refractivity contribution in [2.24, 2.45) is 0 Å². The maximum Gasteiger partial charge on any atom is 0.0488 e. The minimum atomic E-state index is -0.148. The first kappa shape index (κ1) is 40.1. The van der Waals surface area contributed by atoms with Crippen LogP contribution in [-0.4, -0.2) is 0 Å². The predicted molar refractivity (Wildman–Crippen MR) is 285 cm³/mol. The van der Waals surface area contributed by atoms with Crippen LogP contribution in [0.1, 0.15) is 25.0 Å². The average Bonchev–Trinajstić information content (AvgIpc) is 3.62. The molecule has 0 aliphatic heterocycles. The first-order valence-corrected chi connectivity index (χ1v) is 23.2. The Morgan fingerprint density at radius 3 is 1.48 bits per heavy atom. The fourth-order valence-corrected chi connectivity index (χ4v) is 10.5. The zero-order valence-electron chi connectivity index (χ0n) is 37.6. The van der Waals surface area contributed by atoms with Gasteiger partial charge in [-0.05, 0) is 144 Å². The van der Waals surface area contributed by atoms with Crippen molar-refractivity contribution in [3.63, 3.8) is 0 Å². The molecule has 0 N–H and O–H groups in total. The summed E-state index contributed by atoms with van der Waals surface area (Å²) in [6.07, 6.45) is 0. The van der Waals surface area contributed by atoms with Crippen molar-refractivity contribution < 1.29 is 0 Å². The molecule has 1 aliphatic carbocycles. The summed E-state index contributed by atoms with van der Waals surface area (Å²) in [4.78, 5) is 4.84. The summed E-state index contributed by atoms with van der Waals surface area (Å²) in [5, 5.41) is 4.90. The molecule has 67 heavy (non-hydrogen) atoms. The lowest BCUT2D eigenvalue weighted by Gasteiger charge is -2.31. The Morgan fingerprint density at radius 2 is 0.776 bits per heavy atom. The highest BCUT2D eigenvalue weighted by atomic mass is 15.2. The SMILES string of the molecule is CC1(C)c2ccccc2-c2ccc(N(c3ccccc3)c3cc(-c4ccc(-c5ccc6ccccc6c5-c5ccccc5)cc4)cc(N(c4ccccc4)c4ccc5ccccc5c4)c3)cc21. The Labute approximate surface area is 393 Å². The van der Waals surface area contributed by atoms with Gasteiger partial charge in [0.25, 0.3) is 0 Å². The number of rotatable bonds is 9. The maximum atomic E-state index is 2.44. The summed E-state index contributed by atoms with van der Waals surface area (Å²) in [5.74, 6) is 0. The Bertz CT molecular complexity index is 3590. The Morgan fingerprint density at radius 1 is 0.269 bits per heavy atom. The monoisotopic (exact) mass is 856 g/mol. The van der Waals surface area contributed by atoms with E-state index in [0.29, 0.717) is 0 Å². The van der Waals surface area contributed by atoms with Gasteiger partial charge in [0.15, 0.2) is 0 Å². The molecule has 1 aliphatic rings. The normalized spacial score (nSPS) is 12.4. The van der Waals surface area contributed by atoms with E-state index in [1.165, 1.54) is 66.1 Å². The molecule has 318 valence electrons. The van der Waals surface area contributed by atoms with Gasteiger partial charge in [0.05, 0.1) is 0 Å². The maximum absolute atomic E-state index is 2.44. The van der Waals surface area contributed by atoms with E-state index in [0.717, 1.165) is 45.3 Å². The van der Waals surface area contributed by atoms with Crippen LogP contribution in [0.25, 0.3) is 66.1 Å². The molecule has 0 radical (unpaired) electrons. The van der Waals surface area contributed by atoms with Crippen LogP contribution in [0.15, 0.2) is 255 Å². The minimum Gasteiger partial charge on any atom is -0.310 e. The largest absolute Gasteiger partial charge is 0.310 e. The van der Waals surface area contributed by atoms with Gasteiger partial charge in [-0.1, -0.05) is 202 Å². The quantitative estimate of drug-likeness (QED) is 0.143. The third-order valence-electron chi connectivity index (χ3n) is 13.8. The van der Waals surface area contributed by atoms with Gasteiger partial charge < -0.3 is 9.80 Å². The lowest BCUT2D eigenvalue weighted by molar-refractivity contribution is 0.660. The molecule has 11 aromatic carbocycles. The molecule has 0 fully saturated rings. The second-order valence-electron chi connectivity index (χ2n) is 18.2. The van der Waals surface area contributed by atoms with Crippen LogP contribution in [0.2, 0.25) is 0 Å². The van der Waals surface area contributed by atoms with Crippen molar-refractivity contribution in [2.75, 3.05) is 9.80 Å². The molecule has 0 saturated heterocycles. The van der Waals surface area contributed by atoms with Crippen LogP contribution in [0.3, 0.4) is 0 Å². The van der Waals surface area contributed by atoms with Crippen molar-refractivity contribution in [1.82, 2.24) is 0 Å². The summed E-state index contributed by atoms with van der Waals surface area (Å²) in [7, 11) is 0. The van der Waals surface area contributed by atoms with E-state index in [-0.39, 0.29) is 5.41 Å². The van der Waals surface area contributed by atoms with Gasteiger partial charge in [-0.15, -0.1) is 0 Å². The highest BCUT2D eigenvalue weighted by Crippen LogP contribution is 2.51. The molecule has 0 atom stereocenters. The molecular weight excluding hydrogens is 809 g/mol. The topological polar surface area (TPSA) is 6.48 Å². The van der Waals surface area contributed by atoms with Gasteiger partial charge >= 0.3 is 0 Å². The molecular formula is C65H48N2. The smallest absolute Gasteiger partial charge is 0.0488 e. The molecule has 0 saturated carbocycles. The van der Waals surface area contributed by atoms with Crippen LogP contribution in [-0.2, 0) is 5.41 Å². The van der Waals surface area contributed by atoms with Gasteiger partial charge in [0.2, 0.25) is 0 Å². The van der Waals surface area contributed by atoms with Gasteiger partial charge in [0, 0.05) is 39.5 Å². The molecule has 0 amide bonds. The second-order valence-corrected chi connectivity index (χ2v) is 18.2. The number of anilines is 6. The van der Waals surface area contributed by atoms with Crippen molar-refractivity contribution >= 4 is 55.7 Å². The highest BCUT2D eigenvalue weighted by Gasteiger charge is 2.36. The lowest BCUT2D eigenvalue weighted by atomic mass is 9.82. The van der Waals surface area contributed by atoms with E-state index in [9.17, 15) is 0 Å². The van der Waals surface area contributed by atoms with E-state index in [1.54, 1.807) is 0 Å². The van der Waals surface area contributed by atoms with Crippen molar-refractivity contribution in [3.05, 3.63) is 266 Å². The molecule has 11 aromatic rings. The van der Waals surface area contributed by atoms with E-state index in [2.05, 4.69) is 278 Å². The molecule has 0 unspecified atom stereocenters. The number of benzene rings is 11. The molecule has 0 spiro atoms. The number of nitrogens with zero attached hydrogens (tertiary/aromatic N) is 2.